The van der Waals surface area contributed by atoms with Gasteiger partial charge < -0.3 is 14.2 Å². The minimum Gasteiger partial charge on any atom is -0.497 e. The van der Waals surface area contributed by atoms with E-state index in [0.717, 1.165) is 0 Å². The molecule has 1 rings (SSSR count). The Bertz CT molecular complexity index is 333. The van der Waals surface area contributed by atoms with Crippen LogP contribution in [0.25, 0.3) is 0 Å². The molecule has 0 saturated carbocycles. The van der Waals surface area contributed by atoms with Gasteiger partial charge in [0.2, 0.25) is 0 Å². The van der Waals surface area contributed by atoms with Crippen molar-refractivity contribution in [2.24, 2.45) is 0 Å². The lowest BCUT2D eigenvalue weighted by Crippen LogP contribution is -2.15. The Kier molecular flexibility index (Phi) is 3.97. The number of methoxy groups -OCH3 is 1. The van der Waals surface area contributed by atoms with Gasteiger partial charge in [-0.2, -0.15) is 0 Å². The Morgan fingerprint density at radius 1 is 1.27 bits per heavy atom. The number of ether oxygens (including phenoxy) is 3. The van der Waals surface area contributed by atoms with E-state index >= 15 is 0 Å². The maximum Gasteiger partial charge on any atom is 0.514 e. The van der Waals surface area contributed by atoms with E-state index < -0.39 is 6.16 Å². The van der Waals surface area contributed by atoms with Gasteiger partial charge in [0.05, 0.1) is 13.2 Å². The molecule has 82 valence electrons. The van der Waals surface area contributed by atoms with Crippen LogP contribution in [0.1, 0.15) is 13.8 Å². The number of benzene rings is 1. The second-order valence-electron chi connectivity index (χ2n) is 3.20. The minimum absolute atomic E-state index is 0.192. The molecule has 0 aliphatic carbocycles. The van der Waals surface area contributed by atoms with Gasteiger partial charge in [-0.05, 0) is 26.0 Å². The summed E-state index contributed by atoms with van der Waals surface area (Å²) in [5.74, 6) is 1.03. The van der Waals surface area contributed by atoms with Crippen LogP contribution in [-0.2, 0) is 4.74 Å². The highest BCUT2D eigenvalue weighted by molar-refractivity contribution is 5.64. The number of carbonyl (C=O) groups is 1. The summed E-state index contributed by atoms with van der Waals surface area (Å²) in [7, 11) is 1.55. The van der Waals surface area contributed by atoms with Crippen molar-refractivity contribution in [1.29, 1.82) is 0 Å². The van der Waals surface area contributed by atoms with Gasteiger partial charge in [-0.3, -0.25) is 0 Å². The van der Waals surface area contributed by atoms with Crippen LogP contribution < -0.4 is 9.47 Å². The van der Waals surface area contributed by atoms with Gasteiger partial charge in [0.15, 0.2) is 0 Å². The van der Waals surface area contributed by atoms with E-state index in [1.54, 1.807) is 45.2 Å². The monoisotopic (exact) mass is 210 g/mol. The van der Waals surface area contributed by atoms with E-state index in [1.165, 1.54) is 0 Å². The average molecular weight is 210 g/mol. The molecule has 0 radical (unpaired) electrons. The highest BCUT2D eigenvalue weighted by Gasteiger charge is 2.08. The van der Waals surface area contributed by atoms with Crippen LogP contribution in [0.3, 0.4) is 0 Å². The van der Waals surface area contributed by atoms with Gasteiger partial charge in [-0.1, -0.05) is 6.07 Å². The summed E-state index contributed by atoms with van der Waals surface area (Å²) in [6.07, 6.45) is -0.902. The number of carbonyl (C=O) groups excluding carboxylic acids is 1. The summed E-state index contributed by atoms with van der Waals surface area (Å²) in [4.78, 5) is 11.1. The third-order valence-electron chi connectivity index (χ3n) is 1.57. The molecule has 0 atom stereocenters. The van der Waals surface area contributed by atoms with Gasteiger partial charge in [0.1, 0.15) is 11.5 Å². The molecule has 0 aromatic heterocycles. The fourth-order valence-corrected chi connectivity index (χ4v) is 0.977. The van der Waals surface area contributed by atoms with Crippen molar-refractivity contribution >= 4 is 6.16 Å². The van der Waals surface area contributed by atoms with Crippen LogP contribution in [0.5, 0.6) is 11.5 Å². The van der Waals surface area contributed by atoms with Crippen LogP contribution in [0.15, 0.2) is 24.3 Å². The summed E-state index contributed by atoms with van der Waals surface area (Å²) in [6.45, 7) is 3.51. The second kappa shape index (κ2) is 5.24. The summed E-state index contributed by atoms with van der Waals surface area (Å²) >= 11 is 0. The molecule has 4 nitrogen and oxygen atoms in total. The third kappa shape index (κ3) is 3.89. The Labute approximate surface area is 88.8 Å². The van der Waals surface area contributed by atoms with Crippen molar-refractivity contribution in [2.75, 3.05) is 7.11 Å². The zero-order valence-corrected chi connectivity index (χ0v) is 9.02. The van der Waals surface area contributed by atoms with Crippen molar-refractivity contribution in [2.45, 2.75) is 20.0 Å². The van der Waals surface area contributed by atoms with Crippen molar-refractivity contribution < 1.29 is 19.0 Å². The second-order valence-corrected chi connectivity index (χ2v) is 3.20. The fourth-order valence-electron chi connectivity index (χ4n) is 0.977. The first kappa shape index (κ1) is 11.4. The molecule has 0 aliphatic rings. The topological polar surface area (TPSA) is 44.8 Å². The zero-order valence-electron chi connectivity index (χ0n) is 9.02. The lowest BCUT2D eigenvalue weighted by atomic mass is 10.3. The van der Waals surface area contributed by atoms with Gasteiger partial charge >= 0.3 is 6.16 Å². The molecule has 1 aromatic carbocycles. The van der Waals surface area contributed by atoms with E-state index in [0.29, 0.717) is 11.5 Å². The maximum absolute atomic E-state index is 11.1. The predicted octanol–water partition coefficient (Wildman–Crippen LogP) is 2.62. The molecular weight excluding hydrogens is 196 g/mol. The summed E-state index contributed by atoms with van der Waals surface area (Å²) in [5, 5.41) is 0. The summed E-state index contributed by atoms with van der Waals surface area (Å²) < 4.78 is 14.7. The molecule has 0 spiro atoms. The Morgan fingerprint density at radius 3 is 2.53 bits per heavy atom. The molecule has 0 bridgehead atoms. The van der Waals surface area contributed by atoms with Crippen LogP contribution in [0.4, 0.5) is 4.79 Å². The summed E-state index contributed by atoms with van der Waals surface area (Å²) in [6, 6.07) is 6.77. The van der Waals surface area contributed by atoms with E-state index in [4.69, 9.17) is 14.2 Å². The molecule has 4 heteroatoms. The molecule has 0 heterocycles. The van der Waals surface area contributed by atoms with Crippen LogP contribution in [0.2, 0.25) is 0 Å². The Balaban J connectivity index is 2.60. The molecule has 1 aromatic rings. The van der Waals surface area contributed by atoms with Crippen molar-refractivity contribution in [3.8, 4) is 11.5 Å². The van der Waals surface area contributed by atoms with Gasteiger partial charge in [0, 0.05) is 6.07 Å². The van der Waals surface area contributed by atoms with Crippen molar-refractivity contribution in [3.05, 3.63) is 24.3 Å². The van der Waals surface area contributed by atoms with Crippen molar-refractivity contribution in [3.63, 3.8) is 0 Å². The molecule has 0 saturated heterocycles. The van der Waals surface area contributed by atoms with E-state index in [9.17, 15) is 4.79 Å². The first-order valence-electron chi connectivity index (χ1n) is 4.64. The summed E-state index contributed by atoms with van der Waals surface area (Å²) in [5.41, 5.74) is 0. The van der Waals surface area contributed by atoms with Crippen LogP contribution in [0, 0.1) is 0 Å². The smallest absolute Gasteiger partial charge is 0.497 e. The largest absolute Gasteiger partial charge is 0.514 e. The van der Waals surface area contributed by atoms with Crippen molar-refractivity contribution in [1.82, 2.24) is 0 Å². The number of hydrogen-bond acceptors (Lipinski definition) is 4. The van der Waals surface area contributed by atoms with Crippen LogP contribution in [-0.4, -0.2) is 19.4 Å². The highest BCUT2D eigenvalue weighted by Crippen LogP contribution is 2.19. The first-order valence-corrected chi connectivity index (χ1v) is 4.64. The molecule has 0 N–H and O–H groups in total. The Hall–Kier alpha value is -1.71. The van der Waals surface area contributed by atoms with Gasteiger partial charge in [0.25, 0.3) is 0 Å². The average Bonchev–Trinajstić information content (AvgIpc) is 2.16. The highest BCUT2D eigenvalue weighted by atomic mass is 16.7. The van der Waals surface area contributed by atoms with Crippen LogP contribution >= 0.6 is 0 Å². The van der Waals surface area contributed by atoms with E-state index in [-0.39, 0.29) is 6.10 Å². The maximum atomic E-state index is 11.1. The predicted molar refractivity (Wildman–Crippen MR) is 55.2 cm³/mol. The fraction of sp³-hybridized carbons (Fsp3) is 0.364. The molecule has 0 unspecified atom stereocenters. The quantitative estimate of drug-likeness (QED) is 0.568. The molecule has 15 heavy (non-hydrogen) atoms. The lowest BCUT2D eigenvalue weighted by molar-refractivity contribution is 0.0728. The zero-order chi connectivity index (χ0) is 11.3. The molecule has 0 aliphatic heterocycles. The normalized spacial score (nSPS) is 9.87. The van der Waals surface area contributed by atoms with E-state index in [1.807, 2.05) is 0 Å². The number of hydrogen-bond donors (Lipinski definition) is 0. The van der Waals surface area contributed by atoms with Gasteiger partial charge in [-0.25, -0.2) is 4.79 Å². The third-order valence-corrected chi connectivity index (χ3v) is 1.57. The molecule has 0 fully saturated rings. The first-order chi connectivity index (χ1) is 7.11. The SMILES string of the molecule is COc1cccc(OC(=O)OC(C)C)c1. The molecular formula is C11H14O4. The molecule has 0 amide bonds. The van der Waals surface area contributed by atoms with E-state index in [2.05, 4.69) is 0 Å². The number of rotatable bonds is 3. The minimum atomic E-state index is -0.710. The standard InChI is InChI=1S/C11H14O4/c1-8(2)14-11(12)15-10-6-4-5-9(7-10)13-3/h4-8H,1-3H3. The van der Waals surface area contributed by atoms with Gasteiger partial charge in [-0.15, -0.1) is 0 Å². The Morgan fingerprint density at radius 2 is 1.93 bits per heavy atom. The lowest BCUT2D eigenvalue weighted by Gasteiger charge is -2.08.